The molecule has 8 nitrogen and oxygen atoms in total. The minimum absolute atomic E-state index is 0.0126. The molecule has 0 amide bonds. The fourth-order valence-electron chi connectivity index (χ4n) is 2.71. The number of aromatic nitrogens is 4. The van der Waals surface area contributed by atoms with Gasteiger partial charge in [-0.15, -0.1) is 0 Å². The molecule has 0 aliphatic heterocycles. The average molecular weight is 347 g/mol. The first-order valence-corrected chi connectivity index (χ1v) is 7.76. The van der Waals surface area contributed by atoms with Crippen molar-refractivity contribution in [3.63, 3.8) is 0 Å². The summed E-state index contributed by atoms with van der Waals surface area (Å²) < 4.78 is 6.74. The molecule has 0 atom stereocenters. The van der Waals surface area contributed by atoms with Gasteiger partial charge in [0.1, 0.15) is 12.1 Å². The third-order valence-corrected chi connectivity index (χ3v) is 3.99. The highest BCUT2D eigenvalue weighted by Crippen LogP contribution is 2.28. The molecule has 0 aliphatic carbocycles. The lowest BCUT2D eigenvalue weighted by Crippen LogP contribution is -1.99. The molecule has 0 N–H and O–H groups in total. The lowest BCUT2D eigenvalue weighted by Gasteiger charge is -2.08. The van der Waals surface area contributed by atoms with E-state index in [4.69, 9.17) is 4.74 Å². The largest absolute Gasteiger partial charge is 0.497 e. The van der Waals surface area contributed by atoms with Gasteiger partial charge in [-0.25, -0.2) is 4.98 Å². The van der Waals surface area contributed by atoms with Gasteiger partial charge in [-0.2, -0.15) is 14.6 Å². The Morgan fingerprint density at radius 1 is 1.08 bits per heavy atom. The van der Waals surface area contributed by atoms with E-state index in [1.807, 2.05) is 30.3 Å². The van der Waals surface area contributed by atoms with Crippen molar-refractivity contribution < 1.29 is 9.66 Å². The van der Waals surface area contributed by atoms with Crippen molar-refractivity contribution in [2.75, 3.05) is 7.11 Å². The minimum Gasteiger partial charge on any atom is -0.497 e. The summed E-state index contributed by atoms with van der Waals surface area (Å²) >= 11 is 0. The van der Waals surface area contributed by atoms with E-state index in [9.17, 15) is 10.1 Å². The second-order valence-corrected chi connectivity index (χ2v) is 5.53. The molecule has 0 aliphatic rings. The maximum absolute atomic E-state index is 11.1. The second kappa shape index (κ2) is 6.25. The molecule has 8 heteroatoms. The molecular weight excluding hydrogens is 334 g/mol. The van der Waals surface area contributed by atoms with Crippen molar-refractivity contribution in [2.24, 2.45) is 0 Å². The Balaban J connectivity index is 1.90. The van der Waals surface area contributed by atoms with Crippen molar-refractivity contribution in [3.05, 3.63) is 71.0 Å². The number of hydrogen-bond acceptors (Lipinski definition) is 6. The number of benzene rings is 2. The van der Waals surface area contributed by atoms with Crippen LogP contribution in [0.5, 0.6) is 5.75 Å². The van der Waals surface area contributed by atoms with Crippen LogP contribution in [0.3, 0.4) is 0 Å². The quantitative estimate of drug-likeness (QED) is 0.415. The minimum atomic E-state index is -0.423. The molecule has 0 fully saturated rings. The van der Waals surface area contributed by atoms with Crippen LogP contribution in [0.25, 0.3) is 28.3 Å². The van der Waals surface area contributed by atoms with Crippen LogP contribution in [0.4, 0.5) is 5.69 Å². The highest BCUT2D eigenvalue weighted by atomic mass is 16.6. The Bertz CT molecular complexity index is 1110. The number of non-ortho nitro benzene ring substituents is 1. The fourth-order valence-corrected chi connectivity index (χ4v) is 2.71. The van der Waals surface area contributed by atoms with Crippen LogP contribution in [-0.4, -0.2) is 31.6 Å². The molecule has 0 saturated heterocycles. The number of nitro benzene ring substituents is 1. The normalized spacial score (nSPS) is 10.8. The zero-order valence-electron chi connectivity index (χ0n) is 13.7. The predicted octanol–water partition coefficient (Wildman–Crippen LogP) is 3.38. The van der Waals surface area contributed by atoms with E-state index < -0.39 is 4.92 Å². The van der Waals surface area contributed by atoms with Gasteiger partial charge in [0.05, 0.1) is 23.4 Å². The molecule has 0 radical (unpaired) electrons. The van der Waals surface area contributed by atoms with Gasteiger partial charge in [-0.3, -0.25) is 10.1 Å². The van der Waals surface area contributed by atoms with E-state index in [0.29, 0.717) is 22.7 Å². The maximum atomic E-state index is 11.1. The summed E-state index contributed by atoms with van der Waals surface area (Å²) in [6.07, 6.45) is 1.40. The second-order valence-electron chi connectivity index (χ2n) is 5.53. The van der Waals surface area contributed by atoms with Gasteiger partial charge in [0.15, 0.2) is 0 Å². The van der Waals surface area contributed by atoms with E-state index in [1.165, 1.54) is 18.5 Å². The Hall–Kier alpha value is -3.81. The molecule has 0 bridgehead atoms. The summed E-state index contributed by atoms with van der Waals surface area (Å²) in [5.74, 6) is 1.16. The summed E-state index contributed by atoms with van der Waals surface area (Å²) in [6, 6.07) is 15.7. The van der Waals surface area contributed by atoms with E-state index in [1.54, 1.807) is 23.8 Å². The van der Waals surface area contributed by atoms with E-state index in [-0.39, 0.29) is 5.69 Å². The Kier molecular flexibility index (Phi) is 3.77. The van der Waals surface area contributed by atoms with Gasteiger partial charge in [-0.1, -0.05) is 12.1 Å². The maximum Gasteiger partial charge on any atom is 0.270 e. The van der Waals surface area contributed by atoms with Gasteiger partial charge in [0, 0.05) is 23.3 Å². The number of ether oxygens (including phenoxy) is 1. The van der Waals surface area contributed by atoms with Crippen molar-refractivity contribution in [2.45, 2.75) is 0 Å². The summed E-state index contributed by atoms with van der Waals surface area (Å²) in [4.78, 5) is 19.4. The lowest BCUT2D eigenvalue weighted by molar-refractivity contribution is -0.384. The number of nitrogens with zero attached hydrogens (tertiary/aromatic N) is 5. The van der Waals surface area contributed by atoms with Gasteiger partial charge >= 0.3 is 0 Å². The van der Waals surface area contributed by atoms with Crippen molar-refractivity contribution >= 4 is 11.5 Å². The molecular formula is C18H13N5O3. The standard InChI is InChI=1S/C18H13N5O3/c1-26-15-7-5-12(6-8-15)16-10-17(22-18(21-16)19-11-20-22)13-3-2-4-14(9-13)23(24)25/h2-11H,1H3. The summed E-state index contributed by atoms with van der Waals surface area (Å²) in [6.45, 7) is 0. The van der Waals surface area contributed by atoms with Gasteiger partial charge in [-0.05, 0) is 30.3 Å². The molecule has 2 aromatic heterocycles. The molecule has 4 rings (SSSR count). The van der Waals surface area contributed by atoms with Crippen LogP contribution in [-0.2, 0) is 0 Å². The topological polar surface area (TPSA) is 95.5 Å². The highest BCUT2D eigenvalue weighted by Gasteiger charge is 2.14. The van der Waals surface area contributed by atoms with Crippen molar-refractivity contribution in [1.29, 1.82) is 0 Å². The zero-order valence-corrected chi connectivity index (χ0v) is 13.7. The average Bonchev–Trinajstić information content (AvgIpc) is 3.16. The third-order valence-electron chi connectivity index (χ3n) is 3.99. The Morgan fingerprint density at radius 2 is 1.88 bits per heavy atom. The molecule has 0 saturated carbocycles. The van der Waals surface area contributed by atoms with Crippen LogP contribution in [0.1, 0.15) is 0 Å². The third kappa shape index (κ3) is 2.73. The molecule has 0 spiro atoms. The van der Waals surface area contributed by atoms with Gasteiger partial charge in [0.25, 0.3) is 11.5 Å². The first-order valence-electron chi connectivity index (χ1n) is 7.76. The smallest absolute Gasteiger partial charge is 0.270 e. The first-order chi connectivity index (χ1) is 12.7. The van der Waals surface area contributed by atoms with Crippen LogP contribution in [0.15, 0.2) is 60.9 Å². The van der Waals surface area contributed by atoms with Crippen molar-refractivity contribution in [3.8, 4) is 28.3 Å². The predicted molar refractivity (Wildman–Crippen MR) is 94.9 cm³/mol. The molecule has 2 heterocycles. The molecule has 26 heavy (non-hydrogen) atoms. The fraction of sp³-hybridized carbons (Fsp3) is 0.0556. The van der Waals surface area contributed by atoms with Crippen molar-refractivity contribution in [1.82, 2.24) is 19.6 Å². The molecule has 4 aromatic rings. The zero-order chi connectivity index (χ0) is 18.1. The molecule has 0 unspecified atom stereocenters. The monoisotopic (exact) mass is 347 g/mol. The summed E-state index contributed by atoms with van der Waals surface area (Å²) in [5, 5.41) is 15.3. The first kappa shape index (κ1) is 15.7. The highest BCUT2D eigenvalue weighted by molar-refractivity contribution is 5.71. The SMILES string of the molecule is COc1ccc(-c2cc(-c3cccc([N+](=O)[O-])c3)n3ncnc3n2)cc1. The van der Waals surface area contributed by atoms with Crippen LogP contribution in [0.2, 0.25) is 0 Å². The van der Waals surface area contributed by atoms with Crippen LogP contribution < -0.4 is 4.74 Å². The van der Waals surface area contributed by atoms with Gasteiger partial charge in [0.2, 0.25) is 0 Å². The number of methoxy groups -OCH3 is 1. The van der Waals surface area contributed by atoms with E-state index in [0.717, 1.165) is 11.3 Å². The van der Waals surface area contributed by atoms with Gasteiger partial charge < -0.3 is 4.74 Å². The lowest BCUT2D eigenvalue weighted by atomic mass is 10.1. The molecule has 128 valence electrons. The number of hydrogen-bond donors (Lipinski definition) is 0. The van der Waals surface area contributed by atoms with E-state index in [2.05, 4.69) is 15.1 Å². The number of rotatable bonds is 4. The molecule has 2 aromatic carbocycles. The Morgan fingerprint density at radius 3 is 2.62 bits per heavy atom. The summed E-state index contributed by atoms with van der Waals surface area (Å²) in [5.41, 5.74) is 2.91. The summed E-state index contributed by atoms with van der Waals surface area (Å²) in [7, 11) is 1.61. The Labute approximate surface area is 147 Å². The van der Waals surface area contributed by atoms with E-state index >= 15 is 0 Å². The number of nitro groups is 1. The van der Waals surface area contributed by atoms with Crippen LogP contribution in [0, 0.1) is 10.1 Å². The number of fused-ring (bicyclic) bond motifs is 1. The van der Waals surface area contributed by atoms with Crippen LogP contribution >= 0.6 is 0 Å².